The highest BCUT2D eigenvalue weighted by molar-refractivity contribution is 6.32. The number of ether oxygens (including phenoxy) is 1. The van der Waals surface area contributed by atoms with E-state index >= 15 is 0 Å². The molecule has 2 N–H and O–H groups in total. The van der Waals surface area contributed by atoms with E-state index in [1.807, 2.05) is 19.1 Å². The third-order valence-corrected chi connectivity index (χ3v) is 5.41. The molecule has 1 spiro atoms. The molecule has 3 rings (SSSR count). The van der Waals surface area contributed by atoms with Gasteiger partial charge in [0.15, 0.2) is 0 Å². The van der Waals surface area contributed by atoms with Gasteiger partial charge in [-0.15, -0.1) is 0 Å². The van der Waals surface area contributed by atoms with Gasteiger partial charge in [-0.25, -0.2) is 0 Å². The Bertz CT molecular complexity index is 539. The van der Waals surface area contributed by atoms with Crippen molar-refractivity contribution in [2.24, 2.45) is 0 Å². The van der Waals surface area contributed by atoms with E-state index in [-0.39, 0.29) is 11.4 Å². The molecule has 2 aliphatic heterocycles. The molecule has 2 fully saturated rings. The molecule has 22 heavy (non-hydrogen) atoms. The van der Waals surface area contributed by atoms with Crippen LogP contribution in [0.2, 0.25) is 5.02 Å². The molecule has 1 aromatic carbocycles. The van der Waals surface area contributed by atoms with Crippen molar-refractivity contribution in [2.45, 2.75) is 50.4 Å². The van der Waals surface area contributed by atoms with Gasteiger partial charge in [0, 0.05) is 26.1 Å². The van der Waals surface area contributed by atoms with Crippen LogP contribution in [0.3, 0.4) is 0 Å². The van der Waals surface area contributed by atoms with Crippen LogP contribution in [0.4, 0.5) is 0 Å². The number of phenols is 1. The summed E-state index contributed by atoms with van der Waals surface area (Å²) in [6, 6.07) is 5.38. The Hall–Kier alpha value is -0.810. The Labute approximate surface area is 136 Å². The lowest BCUT2D eigenvalue weighted by Gasteiger charge is -2.48. The molecule has 2 saturated heterocycles. The summed E-state index contributed by atoms with van der Waals surface area (Å²) in [6.45, 7) is 5.13. The van der Waals surface area contributed by atoms with Crippen molar-refractivity contribution in [3.63, 3.8) is 0 Å². The molecule has 1 unspecified atom stereocenters. The van der Waals surface area contributed by atoms with Crippen molar-refractivity contribution in [3.05, 3.63) is 28.8 Å². The Morgan fingerprint density at radius 3 is 2.68 bits per heavy atom. The Morgan fingerprint density at radius 1 is 1.27 bits per heavy atom. The zero-order chi connectivity index (χ0) is 15.8. The summed E-state index contributed by atoms with van der Waals surface area (Å²) >= 11 is 6.16. The molecular weight excluding hydrogens is 302 g/mol. The van der Waals surface area contributed by atoms with Crippen molar-refractivity contribution in [3.8, 4) is 5.75 Å². The summed E-state index contributed by atoms with van der Waals surface area (Å²) in [7, 11) is 0. The lowest BCUT2D eigenvalue weighted by Crippen LogP contribution is -2.53. The minimum absolute atomic E-state index is 0.138. The molecule has 4 nitrogen and oxygen atoms in total. The fourth-order valence-corrected chi connectivity index (χ4v) is 3.88. The van der Waals surface area contributed by atoms with E-state index in [4.69, 9.17) is 16.3 Å². The van der Waals surface area contributed by atoms with Crippen molar-refractivity contribution >= 4 is 11.6 Å². The van der Waals surface area contributed by atoms with Crippen LogP contribution in [0.25, 0.3) is 0 Å². The number of likely N-dealkylation sites (tertiary alicyclic amines) is 1. The van der Waals surface area contributed by atoms with E-state index in [0.29, 0.717) is 11.6 Å². The average molecular weight is 326 g/mol. The van der Waals surface area contributed by atoms with Crippen molar-refractivity contribution in [2.75, 3.05) is 19.7 Å². The second-order valence-corrected chi connectivity index (χ2v) is 7.36. The summed E-state index contributed by atoms with van der Waals surface area (Å²) in [5.41, 5.74) is 0.185. The van der Waals surface area contributed by atoms with Gasteiger partial charge in [0.05, 0.1) is 22.8 Å². The van der Waals surface area contributed by atoms with Crippen LogP contribution < -0.4 is 0 Å². The van der Waals surface area contributed by atoms with Gasteiger partial charge in [-0.05, 0) is 37.8 Å². The highest BCUT2D eigenvalue weighted by atomic mass is 35.5. The third-order valence-electron chi connectivity index (χ3n) is 4.97. The second-order valence-electron chi connectivity index (χ2n) is 6.98. The van der Waals surface area contributed by atoms with Crippen LogP contribution in [0, 0.1) is 0 Å². The van der Waals surface area contributed by atoms with Crippen molar-refractivity contribution < 1.29 is 14.9 Å². The number of hydrogen-bond donors (Lipinski definition) is 2. The van der Waals surface area contributed by atoms with E-state index in [2.05, 4.69) is 4.90 Å². The molecule has 2 heterocycles. The minimum atomic E-state index is -0.602. The normalized spacial score (nSPS) is 28.9. The van der Waals surface area contributed by atoms with E-state index in [0.717, 1.165) is 50.9 Å². The molecule has 1 aromatic rings. The minimum Gasteiger partial charge on any atom is -0.506 e. The first-order chi connectivity index (χ1) is 10.4. The zero-order valence-electron chi connectivity index (χ0n) is 13.0. The van der Waals surface area contributed by atoms with Crippen molar-refractivity contribution in [1.29, 1.82) is 0 Å². The number of benzene rings is 1. The van der Waals surface area contributed by atoms with Crippen LogP contribution >= 0.6 is 11.6 Å². The Balaban J connectivity index is 1.61. The lowest BCUT2D eigenvalue weighted by molar-refractivity contribution is -0.173. The first-order valence-electron chi connectivity index (χ1n) is 7.94. The van der Waals surface area contributed by atoms with Crippen LogP contribution in [0.5, 0.6) is 5.75 Å². The number of rotatable bonds is 2. The van der Waals surface area contributed by atoms with E-state index in [9.17, 15) is 10.2 Å². The summed E-state index contributed by atoms with van der Waals surface area (Å²) in [6.07, 6.45) is 3.30. The lowest BCUT2D eigenvalue weighted by atomic mass is 9.78. The fourth-order valence-electron chi connectivity index (χ4n) is 3.69. The maximum Gasteiger partial charge on any atom is 0.134 e. The number of aliphatic hydroxyl groups is 1. The summed E-state index contributed by atoms with van der Waals surface area (Å²) in [5, 5.41) is 20.5. The van der Waals surface area contributed by atoms with Gasteiger partial charge in [0.2, 0.25) is 0 Å². The Kier molecular flexibility index (Phi) is 4.38. The van der Waals surface area contributed by atoms with Gasteiger partial charge in [0.1, 0.15) is 5.75 Å². The summed E-state index contributed by atoms with van der Waals surface area (Å²) in [5.74, 6) is 0.138. The van der Waals surface area contributed by atoms with Crippen molar-refractivity contribution in [1.82, 2.24) is 4.90 Å². The van der Waals surface area contributed by atoms with Crippen LogP contribution in [0.1, 0.15) is 38.2 Å². The number of halogens is 1. The van der Waals surface area contributed by atoms with Gasteiger partial charge in [0.25, 0.3) is 0 Å². The molecule has 0 aromatic heterocycles. The first kappa shape index (κ1) is 16.1. The monoisotopic (exact) mass is 325 g/mol. The van der Waals surface area contributed by atoms with Gasteiger partial charge < -0.3 is 14.9 Å². The summed E-state index contributed by atoms with van der Waals surface area (Å²) < 4.78 is 6.03. The maximum absolute atomic E-state index is 10.3. The van der Waals surface area contributed by atoms with Gasteiger partial charge >= 0.3 is 0 Å². The van der Waals surface area contributed by atoms with E-state index in [1.54, 1.807) is 6.07 Å². The Morgan fingerprint density at radius 2 is 2.00 bits per heavy atom. The number of hydrogen-bond acceptors (Lipinski definition) is 4. The third kappa shape index (κ3) is 3.40. The number of nitrogens with zero attached hydrogens (tertiary/aromatic N) is 1. The number of aromatic hydroxyl groups is 1. The molecule has 5 heteroatoms. The fraction of sp³-hybridized carbons (Fsp3) is 0.647. The largest absolute Gasteiger partial charge is 0.506 e. The molecule has 0 aliphatic carbocycles. The van der Waals surface area contributed by atoms with Gasteiger partial charge in [-0.1, -0.05) is 23.7 Å². The first-order valence-corrected chi connectivity index (χ1v) is 8.32. The standard InChI is InChI=1S/C17H24ClNO3/c1-16(21)7-10-22-17(12-16)5-8-19(9-6-17)11-13-3-2-4-14(20)15(13)18/h2-4,20-21H,5-12H2,1H3. The van der Waals surface area contributed by atoms with Gasteiger partial charge in [-0.2, -0.15) is 0 Å². The maximum atomic E-state index is 10.3. The molecule has 122 valence electrons. The number of phenolic OH excluding ortho intramolecular Hbond substituents is 1. The van der Waals surface area contributed by atoms with Crippen LogP contribution in [-0.4, -0.2) is 46.0 Å². The molecule has 2 aliphatic rings. The highest BCUT2D eigenvalue weighted by Crippen LogP contribution is 2.40. The number of piperidine rings is 1. The quantitative estimate of drug-likeness (QED) is 0.878. The molecule has 0 bridgehead atoms. The smallest absolute Gasteiger partial charge is 0.134 e. The predicted octanol–water partition coefficient (Wildman–Crippen LogP) is 2.94. The van der Waals surface area contributed by atoms with Crippen LogP contribution in [-0.2, 0) is 11.3 Å². The van der Waals surface area contributed by atoms with Gasteiger partial charge in [-0.3, -0.25) is 4.90 Å². The average Bonchev–Trinajstić information content (AvgIpc) is 2.45. The second kappa shape index (κ2) is 6.00. The molecule has 1 atom stereocenters. The topological polar surface area (TPSA) is 52.9 Å². The van der Waals surface area contributed by atoms with E-state index < -0.39 is 5.60 Å². The molecule has 0 amide bonds. The van der Waals surface area contributed by atoms with Crippen LogP contribution in [0.15, 0.2) is 18.2 Å². The predicted molar refractivity (Wildman–Crippen MR) is 86.2 cm³/mol. The highest BCUT2D eigenvalue weighted by Gasteiger charge is 2.44. The molecule has 0 saturated carbocycles. The SMILES string of the molecule is CC1(O)CCOC2(CCN(Cc3cccc(O)c3Cl)CC2)C1. The molecular formula is C17H24ClNO3. The summed E-state index contributed by atoms with van der Waals surface area (Å²) in [4.78, 5) is 2.33. The zero-order valence-corrected chi connectivity index (χ0v) is 13.8. The molecule has 0 radical (unpaired) electrons. The van der Waals surface area contributed by atoms with E-state index in [1.165, 1.54) is 0 Å².